The van der Waals surface area contributed by atoms with Crippen molar-refractivity contribution < 1.29 is 33.4 Å². The van der Waals surface area contributed by atoms with Crippen LogP contribution in [-0.2, 0) is 18.1 Å². The molecular weight excluding hydrogens is 857 g/mol. The molecule has 0 bridgehead atoms. The van der Waals surface area contributed by atoms with Crippen molar-refractivity contribution in [1.82, 2.24) is 0 Å². The van der Waals surface area contributed by atoms with E-state index in [0.717, 1.165) is 0 Å². The molecule has 108 valence electrons. The monoisotopic (exact) mass is 867 g/mol. The second-order valence-corrected chi connectivity index (χ2v) is 4.53. The van der Waals surface area contributed by atoms with Crippen LogP contribution >= 0.6 is 0 Å². The first-order valence-corrected chi connectivity index (χ1v) is 8.42. The van der Waals surface area contributed by atoms with Gasteiger partial charge in [0.2, 0.25) is 0 Å². The summed E-state index contributed by atoms with van der Waals surface area (Å²) in [5.41, 5.74) is 0. The summed E-state index contributed by atoms with van der Waals surface area (Å²) >= 11 is 1.41. The standard InChI is InChI=1S/2C3H6O3.3Bi.NO3/c2*1-2(4)3(5)6;;;;2-1(3)4/h2*2,4H,1H3,(H,5,6);;;;/q;;3*+1;-1/p-2. The van der Waals surface area contributed by atoms with Crippen LogP contribution in [0.4, 0.5) is 0 Å². The number of nitrogens with zero attached hydrogens (tertiary/aromatic N) is 1. The fourth-order valence-corrected chi connectivity index (χ4v) is 1.34. The fourth-order valence-electron chi connectivity index (χ4n) is 0.153. The van der Waals surface area contributed by atoms with Gasteiger partial charge in [0.25, 0.3) is 0 Å². The van der Waals surface area contributed by atoms with Gasteiger partial charge in [-0.05, 0) is 0 Å². The van der Waals surface area contributed by atoms with E-state index in [1.54, 1.807) is 0 Å². The Hall–Kier alpha value is 0.709. The molecule has 0 amide bonds. The number of hydrogen-bond acceptors (Lipinski definition) is 9. The Bertz CT molecular complexity index is 253. The zero-order chi connectivity index (χ0) is 16.0. The van der Waals surface area contributed by atoms with Crippen LogP contribution < -0.4 is 0 Å². The molecule has 0 aromatic heterocycles. The van der Waals surface area contributed by atoms with Crippen LogP contribution in [0, 0.1) is 10.1 Å². The summed E-state index contributed by atoms with van der Waals surface area (Å²) < 4.78 is 12.1. The van der Waals surface area contributed by atoms with E-state index in [4.69, 9.17) is 20.3 Å². The summed E-state index contributed by atoms with van der Waals surface area (Å²) in [5.74, 6) is -1.10. The molecule has 0 aromatic carbocycles. The Morgan fingerprint density at radius 2 is 1.26 bits per heavy atom. The summed E-state index contributed by atoms with van der Waals surface area (Å²) in [6.45, 7) is 2.74. The van der Waals surface area contributed by atoms with Gasteiger partial charge in [-0.2, -0.15) is 0 Å². The minimum absolute atomic E-state index is 0.340. The van der Waals surface area contributed by atoms with Gasteiger partial charge in [0.15, 0.2) is 0 Å². The van der Waals surface area contributed by atoms with Crippen molar-refractivity contribution in [3.8, 4) is 0 Å². The third-order valence-corrected chi connectivity index (χ3v) is 2.85. The molecule has 0 saturated carbocycles. The van der Waals surface area contributed by atoms with Crippen molar-refractivity contribution in [3.05, 3.63) is 10.1 Å². The predicted octanol–water partition coefficient (Wildman–Crippen LogP) is -2.73. The van der Waals surface area contributed by atoms with E-state index < -0.39 is 29.2 Å². The molecule has 10 nitrogen and oxygen atoms in total. The van der Waals surface area contributed by atoms with Gasteiger partial charge < -0.3 is 0 Å². The maximum absolute atomic E-state index is 10.1. The number of aliphatic hydroxyl groups is 2. The zero-order valence-corrected chi connectivity index (χ0v) is 20.1. The average Bonchev–Trinajstić information content (AvgIpc) is 2.37. The van der Waals surface area contributed by atoms with Crippen LogP contribution in [0.2, 0.25) is 0 Å². The van der Waals surface area contributed by atoms with Gasteiger partial charge in [0.1, 0.15) is 0 Å². The summed E-state index contributed by atoms with van der Waals surface area (Å²) in [6, 6.07) is 0. The van der Waals surface area contributed by atoms with Gasteiger partial charge in [-0.3, -0.25) is 0 Å². The molecule has 0 spiro atoms. The first kappa shape index (κ1) is 24.7. The second-order valence-electron chi connectivity index (χ2n) is 2.48. The Balaban J connectivity index is -0.000000206. The maximum atomic E-state index is 10.1. The van der Waals surface area contributed by atoms with E-state index in [1.165, 1.54) is 13.8 Å². The van der Waals surface area contributed by atoms with Gasteiger partial charge in [-0.15, -0.1) is 0 Å². The molecular formula is C6H10Bi3NO9. The summed E-state index contributed by atoms with van der Waals surface area (Å²) in [6.07, 6.45) is -1.94. The number of carbonyl (C=O) groups excluding carboxylic acids is 2. The van der Waals surface area contributed by atoms with E-state index in [0.29, 0.717) is 75.5 Å². The van der Waals surface area contributed by atoms with Crippen molar-refractivity contribution in [2.75, 3.05) is 0 Å². The normalized spacial score (nSPS) is 11.3. The van der Waals surface area contributed by atoms with Crippen molar-refractivity contribution in [3.63, 3.8) is 0 Å². The molecule has 0 aliphatic carbocycles. The molecule has 0 heterocycles. The van der Waals surface area contributed by atoms with Gasteiger partial charge in [-0.1, -0.05) is 0 Å². The van der Waals surface area contributed by atoms with Gasteiger partial charge >= 0.3 is 157 Å². The molecule has 6 radical (unpaired) electrons. The topological polar surface area (TPSA) is 145 Å². The van der Waals surface area contributed by atoms with Crippen molar-refractivity contribution in [2.24, 2.45) is 0 Å². The molecule has 0 rings (SSSR count). The summed E-state index contributed by atoms with van der Waals surface area (Å²) in [7, 11) is 0. The molecule has 0 aliphatic rings. The Labute approximate surface area is 155 Å². The van der Waals surface area contributed by atoms with Gasteiger partial charge in [0.05, 0.1) is 0 Å². The third-order valence-electron chi connectivity index (χ3n) is 0.929. The van der Waals surface area contributed by atoms with Crippen LogP contribution in [0.5, 0.6) is 0 Å². The van der Waals surface area contributed by atoms with Crippen molar-refractivity contribution >= 4 is 87.4 Å². The molecule has 0 aromatic rings. The van der Waals surface area contributed by atoms with Crippen LogP contribution in [-0.4, -0.2) is 115 Å². The first-order valence-electron chi connectivity index (χ1n) is 4.16. The quantitative estimate of drug-likeness (QED) is 0.176. The molecule has 2 unspecified atom stereocenters. The molecule has 19 heavy (non-hydrogen) atoms. The Morgan fingerprint density at radius 1 is 1.05 bits per heavy atom. The number of aliphatic hydroxyl groups excluding tert-OH is 2. The van der Waals surface area contributed by atoms with E-state index in [9.17, 15) is 9.59 Å². The third kappa shape index (κ3) is 24.1. The summed E-state index contributed by atoms with van der Waals surface area (Å²) in [4.78, 5) is 29.1. The minimum atomic E-state index is -0.968. The number of carbonyl (C=O) groups is 2. The van der Waals surface area contributed by atoms with Crippen LogP contribution in [0.15, 0.2) is 0 Å². The van der Waals surface area contributed by atoms with Crippen molar-refractivity contribution in [1.29, 1.82) is 0 Å². The molecule has 0 saturated heterocycles. The van der Waals surface area contributed by atoms with E-state index in [1.807, 2.05) is 0 Å². The Morgan fingerprint density at radius 3 is 1.26 bits per heavy atom. The van der Waals surface area contributed by atoms with Crippen molar-refractivity contribution in [2.45, 2.75) is 26.1 Å². The van der Waals surface area contributed by atoms with E-state index in [2.05, 4.69) is 8.54 Å². The van der Waals surface area contributed by atoms with Crippen LogP contribution in [0.1, 0.15) is 13.8 Å². The molecule has 2 atom stereocenters. The van der Waals surface area contributed by atoms with E-state index in [-0.39, 0.29) is 0 Å². The SMILES string of the molecule is CC(O)C(=O)[O][Bi].CC(O)C(=O)[O][Bi].O=[N+]([O-])[O][Bi]. The molecule has 13 heteroatoms. The van der Waals surface area contributed by atoms with Crippen LogP contribution in [0.25, 0.3) is 0 Å². The average molecular weight is 867 g/mol. The predicted molar refractivity (Wildman–Crippen MR) is 60.9 cm³/mol. The fraction of sp³-hybridized carbons (Fsp3) is 0.667. The second kappa shape index (κ2) is 16.8. The molecule has 2 N–H and O–H groups in total. The number of rotatable bonds is 3. The van der Waals surface area contributed by atoms with Gasteiger partial charge in [0, 0.05) is 0 Å². The molecule has 0 aliphatic heterocycles. The number of hydrogen-bond donors (Lipinski definition) is 2. The zero-order valence-electron chi connectivity index (χ0n) is 9.70. The summed E-state index contributed by atoms with van der Waals surface area (Å²) in [5, 5.41) is 24.9. The van der Waals surface area contributed by atoms with E-state index >= 15 is 0 Å². The van der Waals surface area contributed by atoms with Crippen LogP contribution in [0.3, 0.4) is 0 Å². The molecule has 0 fully saturated rings. The van der Waals surface area contributed by atoms with Gasteiger partial charge in [-0.25, -0.2) is 0 Å². The Kier molecular flexibility index (Phi) is 21.8. The first-order chi connectivity index (χ1) is 8.63.